The van der Waals surface area contributed by atoms with Gasteiger partial charge in [0.05, 0.1) is 5.39 Å². The van der Waals surface area contributed by atoms with E-state index in [9.17, 15) is 9.18 Å². The molecule has 1 amide bonds. The number of halogens is 1. The molecule has 7 heteroatoms. The van der Waals surface area contributed by atoms with E-state index in [-0.39, 0.29) is 24.7 Å². The number of rotatable bonds is 7. The molecule has 4 aromatic rings. The highest BCUT2D eigenvalue weighted by Crippen LogP contribution is 2.40. The summed E-state index contributed by atoms with van der Waals surface area (Å²) in [4.78, 5) is 23.1. The summed E-state index contributed by atoms with van der Waals surface area (Å²) in [5, 5.41) is 7.02. The molecule has 0 saturated carbocycles. The van der Waals surface area contributed by atoms with Crippen LogP contribution >= 0.6 is 11.3 Å². The summed E-state index contributed by atoms with van der Waals surface area (Å²) in [5.74, 6) is 0.244. The van der Waals surface area contributed by atoms with Gasteiger partial charge in [0.2, 0.25) is 5.91 Å². The largest absolute Gasteiger partial charge is 0.369 e. The highest BCUT2D eigenvalue weighted by Gasteiger charge is 2.16. The highest BCUT2D eigenvalue weighted by molar-refractivity contribution is 7.19. The van der Waals surface area contributed by atoms with E-state index in [1.54, 1.807) is 29.5 Å². The summed E-state index contributed by atoms with van der Waals surface area (Å²) in [6.07, 6.45) is 1.79. The molecule has 2 aromatic heterocycles. The molecule has 4 rings (SSSR count). The second kappa shape index (κ2) is 9.22. The van der Waals surface area contributed by atoms with Crippen LogP contribution in [0.5, 0.6) is 0 Å². The molecule has 0 atom stereocenters. The van der Waals surface area contributed by atoms with Gasteiger partial charge in [-0.3, -0.25) is 4.79 Å². The van der Waals surface area contributed by atoms with E-state index in [4.69, 9.17) is 0 Å². The molecular weight excluding hydrogens is 411 g/mol. The van der Waals surface area contributed by atoms with Crippen molar-refractivity contribution in [1.29, 1.82) is 0 Å². The number of nitrogens with one attached hydrogen (secondary N) is 2. The smallest absolute Gasteiger partial charge is 0.222 e. The SMILES string of the molecule is Cc1ccc(-c2c(C)sc3ncnc(NCCC(=O)NCc4ccccc4F)c23)cc1. The van der Waals surface area contributed by atoms with Crippen molar-refractivity contribution in [3.05, 3.63) is 76.7 Å². The number of hydrogen-bond acceptors (Lipinski definition) is 5. The fraction of sp³-hybridized carbons (Fsp3) is 0.208. The third-order valence-electron chi connectivity index (χ3n) is 5.08. The number of aromatic nitrogens is 2. The van der Waals surface area contributed by atoms with Gasteiger partial charge in [0.15, 0.2) is 0 Å². The molecule has 31 heavy (non-hydrogen) atoms. The average molecular weight is 435 g/mol. The van der Waals surface area contributed by atoms with Crippen LogP contribution in [0.4, 0.5) is 10.2 Å². The Kier molecular flexibility index (Phi) is 6.23. The third-order valence-corrected chi connectivity index (χ3v) is 6.10. The monoisotopic (exact) mass is 434 g/mol. The lowest BCUT2D eigenvalue weighted by molar-refractivity contribution is -0.121. The van der Waals surface area contributed by atoms with Crippen LogP contribution in [0, 0.1) is 19.7 Å². The molecule has 0 bridgehead atoms. The topological polar surface area (TPSA) is 66.9 Å². The number of carbonyl (C=O) groups is 1. The van der Waals surface area contributed by atoms with E-state index in [1.165, 1.54) is 22.8 Å². The van der Waals surface area contributed by atoms with Crippen molar-refractivity contribution in [2.75, 3.05) is 11.9 Å². The zero-order valence-electron chi connectivity index (χ0n) is 17.4. The number of anilines is 1. The van der Waals surface area contributed by atoms with Crippen LogP contribution in [0.3, 0.4) is 0 Å². The van der Waals surface area contributed by atoms with E-state index >= 15 is 0 Å². The zero-order chi connectivity index (χ0) is 21.8. The molecule has 0 saturated heterocycles. The maximum absolute atomic E-state index is 13.7. The van der Waals surface area contributed by atoms with Crippen LogP contribution in [0.2, 0.25) is 0 Å². The van der Waals surface area contributed by atoms with Crippen molar-refractivity contribution < 1.29 is 9.18 Å². The number of carbonyl (C=O) groups excluding carboxylic acids is 1. The van der Waals surface area contributed by atoms with Gasteiger partial charge in [-0.05, 0) is 25.5 Å². The van der Waals surface area contributed by atoms with Crippen molar-refractivity contribution in [2.45, 2.75) is 26.8 Å². The first-order chi connectivity index (χ1) is 15.0. The Morgan fingerprint density at radius 3 is 2.61 bits per heavy atom. The summed E-state index contributed by atoms with van der Waals surface area (Å²) < 4.78 is 13.7. The van der Waals surface area contributed by atoms with E-state index < -0.39 is 0 Å². The molecule has 0 fully saturated rings. The number of thiophene rings is 1. The molecule has 2 aromatic carbocycles. The van der Waals surface area contributed by atoms with E-state index in [0.717, 1.165) is 21.3 Å². The van der Waals surface area contributed by atoms with Crippen molar-refractivity contribution in [3.63, 3.8) is 0 Å². The molecule has 0 radical (unpaired) electrons. The first kappa shape index (κ1) is 20.9. The number of nitrogens with zero attached hydrogens (tertiary/aromatic N) is 2. The lowest BCUT2D eigenvalue weighted by atomic mass is 10.0. The van der Waals surface area contributed by atoms with Crippen LogP contribution < -0.4 is 10.6 Å². The minimum absolute atomic E-state index is 0.152. The van der Waals surface area contributed by atoms with Gasteiger partial charge >= 0.3 is 0 Å². The lowest BCUT2D eigenvalue weighted by Crippen LogP contribution is -2.25. The number of amides is 1. The van der Waals surface area contributed by atoms with Crippen LogP contribution in [0.25, 0.3) is 21.3 Å². The third kappa shape index (κ3) is 4.72. The molecular formula is C24H23FN4OS. The van der Waals surface area contributed by atoms with Gasteiger partial charge in [-0.25, -0.2) is 14.4 Å². The quantitative estimate of drug-likeness (QED) is 0.418. The Labute approximate surface area is 184 Å². The highest BCUT2D eigenvalue weighted by atomic mass is 32.1. The molecule has 0 unspecified atom stereocenters. The molecule has 0 aliphatic rings. The standard InChI is InChI=1S/C24H23FN4OS/c1-15-7-9-17(10-8-15)21-16(2)31-24-22(21)23(28-14-29-24)26-12-11-20(30)27-13-18-5-3-4-6-19(18)25/h3-10,14H,11-13H2,1-2H3,(H,27,30)(H,26,28,29). The molecule has 0 aliphatic carbocycles. The normalized spacial score (nSPS) is 10.9. The van der Waals surface area contributed by atoms with Gasteiger partial charge < -0.3 is 10.6 Å². The number of aryl methyl sites for hydroxylation is 2. The molecule has 158 valence electrons. The predicted molar refractivity (Wildman–Crippen MR) is 124 cm³/mol. The summed E-state index contributed by atoms with van der Waals surface area (Å²) in [6.45, 7) is 4.74. The summed E-state index contributed by atoms with van der Waals surface area (Å²) in [7, 11) is 0. The zero-order valence-corrected chi connectivity index (χ0v) is 18.2. The minimum Gasteiger partial charge on any atom is -0.369 e. The van der Waals surface area contributed by atoms with Crippen LogP contribution in [-0.2, 0) is 11.3 Å². The van der Waals surface area contributed by atoms with Crippen LogP contribution in [0.15, 0.2) is 54.9 Å². The summed E-state index contributed by atoms with van der Waals surface area (Å²) in [5.41, 5.74) is 3.91. The molecule has 2 heterocycles. The van der Waals surface area contributed by atoms with Crippen molar-refractivity contribution in [3.8, 4) is 11.1 Å². The first-order valence-corrected chi connectivity index (χ1v) is 10.9. The number of hydrogen-bond donors (Lipinski definition) is 2. The maximum Gasteiger partial charge on any atom is 0.222 e. The Bertz CT molecular complexity index is 1220. The Hall–Kier alpha value is -3.32. The van der Waals surface area contributed by atoms with Crippen molar-refractivity contribution >= 4 is 33.3 Å². The van der Waals surface area contributed by atoms with Gasteiger partial charge in [-0.15, -0.1) is 11.3 Å². The lowest BCUT2D eigenvalue weighted by Gasteiger charge is -2.10. The van der Waals surface area contributed by atoms with Gasteiger partial charge in [-0.1, -0.05) is 48.0 Å². The number of benzene rings is 2. The molecule has 0 spiro atoms. The van der Waals surface area contributed by atoms with Gasteiger partial charge in [0, 0.05) is 35.5 Å². The van der Waals surface area contributed by atoms with Gasteiger partial charge in [0.25, 0.3) is 0 Å². The van der Waals surface area contributed by atoms with Gasteiger partial charge in [0.1, 0.15) is 22.8 Å². The van der Waals surface area contributed by atoms with Crippen LogP contribution in [0.1, 0.15) is 22.4 Å². The predicted octanol–water partition coefficient (Wildman–Crippen LogP) is 5.23. The van der Waals surface area contributed by atoms with E-state index in [2.05, 4.69) is 58.7 Å². The minimum atomic E-state index is -0.319. The van der Waals surface area contributed by atoms with E-state index in [1.807, 2.05) is 0 Å². The fourth-order valence-electron chi connectivity index (χ4n) is 3.46. The van der Waals surface area contributed by atoms with Crippen molar-refractivity contribution in [1.82, 2.24) is 15.3 Å². The van der Waals surface area contributed by atoms with Crippen LogP contribution in [-0.4, -0.2) is 22.4 Å². The van der Waals surface area contributed by atoms with E-state index in [0.29, 0.717) is 17.9 Å². The summed E-state index contributed by atoms with van der Waals surface area (Å²) >= 11 is 1.63. The second-order valence-electron chi connectivity index (χ2n) is 7.35. The first-order valence-electron chi connectivity index (χ1n) is 10.1. The molecule has 2 N–H and O–H groups in total. The fourth-order valence-corrected chi connectivity index (χ4v) is 4.48. The summed E-state index contributed by atoms with van der Waals surface area (Å²) in [6, 6.07) is 14.8. The van der Waals surface area contributed by atoms with Crippen molar-refractivity contribution in [2.24, 2.45) is 0 Å². The Morgan fingerprint density at radius 1 is 1.06 bits per heavy atom. The molecule has 0 aliphatic heterocycles. The molecule has 5 nitrogen and oxygen atoms in total. The number of fused-ring (bicyclic) bond motifs is 1. The average Bonchev–Trinajstić information content (AvgIpc) is 3.10. The maximum atomic E-state index is 13.7. The van der Waals surface area contributed by atoms with Gasteiger partial charge in [-0.2, -0.15) is 0 Å². The Morgan fingerprint density at radius 2 is 1.84 bits per heavy atom. The second-order valence-corrected chi connectivity index (χ2v) is 8.55. The Balaban J connectivity index is 1.46.